The van der Waals surface area contributed by atoms with Crippen LogP contribution in [0.15, 0.2) is 29.0 Å². The Labute approximate surface area is 135 Å². The SMILES string of the molecule is Cc1csc([C@@H](C#N)C(=O)COC(=O)/C=C/c2cccs2)n1. The molecule has 0 amide bonds. The molecular formula is C15H12N2O3S2. The van der Waals surface area contributed by atoms with Crippen molar-refractivity contribution in [2.24, 2.45) is 0 Å². The molecule has 2 rings (SSSR count). The van der Waals surface area contributed by atoms with Gasteiger partial charge in [0.25, 0.3) is 0 Å². The van der Waals surface area contributed by atoms with Crippen LogP contribution >= 0.6 is 22.7 Å². The second kappa shape index (κ2) is 7.64. The van der Waals surface area contributed by atoms with Gasteiger partial charge in [0.05, 0.1) is 6.07 Å². The minimum Gasteiger partial charge on any atom is -0.454 e. The number of ketones is 1. The molecule has 0 radical (unpaired) electrons. The van der Waals surface area contributed by atoms with Crippen LogP contribution in [0.4, 0.5) is 0 Å². The van der Waals surface area contributed by atoms with Gasteiger partial charge >= 0.3 is 5.97 Å². The van der Waals surface area contributed by atoms with E-state index >= 15 is 0 Å². The Bertz CT molecular complexity index is 726. The number of hydrogen-bond donors (Lipinski definition) is 0. The average molecular weight is 332 g/mol. The lowest BCUT2D eigenvalue weighted by Crippen LogP contribution is -2.19. The van der Waals surface area contributed by atoms with E-state index in [0.717, 1.165) is 10.6 Å². The summed E-state index contributed by atoms with van der Waals surface area (Å²) in [6.07, 6.45) is 2.87. The normalized spacial score (nSPS) is 12.0. The van der Waals surface area contributed by atoms with E-state index in [1.54, 1.807) is 18.4 Å². The Morgan fingerprint density at radius 3 is 2.91 bits per heavy atom. The first-order valence-electron chi connectivity index (χ1n) is 6.33. The summed E-state index contributed by atoms with van der Waals surface area (Å²) in [4.78, 5) is 28.5. The Hall–Kier alpha value is -2.30. The number of thiazole rings is 1. The van der Waals surface area contributed by atoms with Crippen molar-refractivity contribution in [2.75, 3.05) is 6.61 Å². The monoisotopic (exact) mass is 332 g/mol. The van der Waals surface area contributed by atoms with Crippen LogP contribution in [0.3, 0.4) is 0 Å². The first kappa shape index (κ1) is 16.1. The molecule has 0 saturated carbocycles. The van der Waals surface area contributed by atoms with E-state index in [0.29, 0.717) is 5.01 Å². The number of rotatable bonds is 6. The van der Waals surface area contributed by atoms with Gasteiger partial charge in [-0.3, -0.25) is 4.79 Å². The van der Waals surface area contributed by atoms with Crippen LogP contribution in [-0.2, 0) is 14.3 Å². The number of carbonyl (C=O) groups excluding carboxylic acids is 2. The predicted molar refractivity (Wildman–Crippen MR) is 84.5 cm³/mol. The Morgan fingerprint density at radius 2 is 2.32 bits per heavy atom. The molecule has 0 saturated heterocycles. The highest BCUT2D eigenvalue weighted by Gasteiger charge is 2.24. The average Bonchev–Trinajstić information content (AvgIpc) is 3.15. The largest absolute Gasteiger partial charge is 0.454 e. The lowest BCUT2D eigenvalue weighted by atomic mass is 10.1. The highest BCUT2D eigenvalue weighted by Crippen LogP contribution is 2.20. The summed E-state index contributed by atoms with van der Waals surface area (Å²) in [5.74, 6) is -2.09. The van der Waals surface area contributed by atoms with Gasteiger partial charge in [0, 0.05) is 22.0 Å². The molecule has 22 heavy (non-hydrogen) atoms. The van der Waals surface area contributed by atoms with E-state index in [-0.39, 0.29) is 0 Å². The number of nitriles is 1. The maximum atomic E-state index is 12.0. The molecular weight excluding hydrogens is 320 g/mol. The summed E-state index contributed by atoms with van der Waals surface area (Å²) >= 11 is 2.73. The third kappa shape index (κ3) is 4.35. The highest BCUT2D eigenvalue weighted by atomic mass is 32.1. The second-order valence-corrected chi connectivity index (χ2v) is 6.18. The van der Waals surface area contributed by atoms with Crippen LogP contribution in [0.1, 0.15) is 21.5 Å². The lowest BCUT2D eigenvalue weighted by Gasteiger charge is -2.05. The first-order valence-corrected chi connectivity index (χ1v) is 8.09. The fraction of sp³-hybridized carbons (Fsp3) is 0.200. The van der Waals surface area contributed by atoms with Crippen LogP contribution in [0.5, 0.6) is 0 Å². The number of hydrogen-bond acceptors (Lipinski definition) is 7. The Kier molecular flexibility index (Phi) is 5.58. The van der Waals surface area contributed by atoms with Gasteiger partial charge < -0.3 is 4.74 Å². The van der Waals surface area contributed by atoms with Crippen LogP contribution in [0.25, 0.3) is 6.08 Å². The van der Waals surface area contributed by atoms with Gasteiger partial charge in [-0.05, 0) is 24.4 Å². The number of aromatic nitrogens is 1. The third-order valence-electron chi connectivity index (χ3n) is 2.62. The van der Waals surface area contributed by atoms with Crippen LogP contribution in [0, 0.1) is 18.3 Å². The van der Waals surface area contributed by atoms with Crippen LogP contribution < -0.4 is 0 Å². The fourth-order valence-electron chi connectivity index (χ4n) is 1.58. The maximum absolute atomic E-state index is 12.0. The van der Waals surface area contributed by atoms with Gasteiger partial charge in [-0.15, -0.1) is 22.7 Å². The van der Waals surface area contributed by atoms with E-state index in [2.05, 4.69) is 4.98 Å². The highest BCUT2D eigenvalue weighted by molar-refractivity contribution is 7.10. The molecule has 0 spiro atoms. The van der Waals surface area contributed by atoms with Crippen molar-refractivity contribution in [1.29, 1.82) is 5.26 Å². The zero-order valence-electron chi connectivity index (χ0n) is 11.7. The van der Waals surface area contributed by atoms with E-state index < -0.39 is 24.3 Å². The summed E-state index contributed by atoms with van der Waals surface area (Å²) in [5, 5.41) is 13.2. The molecule has 0 aromatic carbocycles. The third-order valence-corrected chi connectivity index (χ3v) is 4.48. The van der Waals surface area contributed by atoms with E-state index in [1.807, 2.05) is 23.6 Å². The molecule has 2 heterocycles. The molecule has 0 fully saturated rings. The van der Waals surface area contributed by atoms with Crippen molar-refractivity contribution in [1.82, 2.24) is 4.98 Å². The molecule has 5 nitrogen and oxygen atoms in total. The zero-order valence-corrected chi connectivity index (χ0v) is 13.3. The molecule has 0 N–H and O–H groups in total. The number of ether oxygens (including phenoxy) is 1. The molecule has 112 valence electrons. The number of thiophene rings is 1. The maximum Gasteiger partial charge on any atom is 0.331 e. The number of Topliss-reactive ketones (excluding diaryl/α,β-unsaturated/α-hetero) is 1. The number of esters is 1. The van der Waals surface area contributed by atoms with Crippen molar-refractivity contribution in [3.63, 3.8) is 0 Å². The van der Waals surface area contributed by atoms with Crippen molar-refractivity contribution in [3.8, 4) is 6.07 Å². The molecule has 0 aliphatic rings. The molecule has 0 bridgehead atoms. The number of nitrogens with zero attached hydrogens (tertiary/aromatic N) is 2. The van der Waals surface area contributed by atoms with Crippen LogP contribution in [0.2, 0.25) is 0 Å². The molecule has 2 aromatic heterocycles. The van der Waals surface area contributed by atoms with Crippen molar-refractivity contribution in [2.45, 2.75) is 12.8 Å². The summed E-state index contributed by atoms with van der Waals surface area (Å²) in [6, 6.07) is 5.63. The van der Waals surface area contributed by atoms with Gasteiger partial charge in [-0.1, -0.05) is 6.07 Å². The van der Waals surface area contributed by atoms with Gasteiger partial charge in [-0.25, -0.2) is 9.78 Å². The van der Waals surface area contributed by atoms with Gasteiger partial charge in [0.2, 0.25) is 0 Å². The van der Waals surface area contributed by atoms with Gasteiger partial charge in [-0.2, -0.15) is 5.26 Å². The predicted octanol–water partition coefficient (Wildman–Crippen LogP) is 2.95. The Morgan fingerprint density at radius 1 is 1.50 bits per heavy atom. The molecule has 0 unspecified atom stereocenters. The minimum absolute atomic E-state index is 0.426. The van der Waals surface area contributed by atoms with E-state index in [1.165, 1.54) is 28.7 Å². The summed E-state index contributed by atoms with van der Waals surface area (Å²) in [5.41, 5.74) is 0.754. The molecule has 0 aliphatic heterocycles. The van der Waals surface area contributed by atoms with Crippen LogP contribution in [-0.4, -0.2) is 23.3 Å². The first-order chi connectivity index (χ1) is 10.6. The second-order valence-electron chi connectivity index (χ2n) is 4.31. The standard InChI is InChI=1S/C15H12N2O3S2/c1-10-9-22-15(17-10)12(7-16)13(18)8-20-14(19)5-4-11-3-2-6-21-11/h2-6,9,12H,8H2,1H3/b5-4+/t12-/m0/s1. The fourth-order valence-corrected chi connectivity index (χ4v) is 3.06. The zero-order chi connectivity index (χ0) is 15.9. The molecule has 1 atom stereocenters. The van der Waals surface area contributed by atoms with E-state index in [4.69, 9.17) is 10.00 Å². The number of carbonyl (C=O) groups is 2. The smallest absolute Gasteiger partial charge is 0.331 e. The quantitative estimate of drug-likeness (QED) is 0.600. The summed E-state index contributed by atoms with van der Waals surface area (Å²) < 4.78 is 4.87. The molecule has 2 aromatic rings. The Balaban J connectivity index is 1.89. The van der Waals surface area contributed by atoms with Crippen molar-refractivity contribution < 1.29 is 14.3 Å². The van der Waals surface area contributed by atoms with Gasteiger partial charge in [0.1, 0.15) is 5.01 Å². The molecule has 0 aliphatic carbocycles. The summed E-state index contributed by atoms with van der Waals surface area (Å²) in [6.45, 7) is 1.35. The summed E-state index contributed by atoms with van der Waals surface area (Å²) in [7, 11) is 0. The van der Waals surface area contributed by atoms with Gasteiger partial charge in [0.15, 0.2) is 18.3 Å². The topological polar surface area (TPSA) is 80.0 Å². The van der Waals surface area contributed by atoms with Crippen molar-refractivity contribution in [3.05, 3.63) is 44.5 Å². The molecule has 7 heteroatoms. The lowest BCUT2D eigenvalue weighted by molar-refractivity contribution is -0.143. The van der Waals surface area contributed by atoms with E-state index in [9.17, 15) is 9.59 Å². The number of aryl methyl sites for hydroxylation is 1. The van der Waals surface area contributed by atoms with Crippen molar-refractivity contribution >= 4 is 40.5 Å². The minimum atomic E-state index is -0.993.